The largest absolute Gasteiger partial charge is 0.456 e. The van der Waals surface area contributed by atoms with Crippen LogP contribution in [0, 0.1) is 0 Å². The highest BCUT2D eigenvalue weighted by molar-refractivity contribution is 6.06. The van der Waals surface area contributed by atoms with E-state index >= 15 is 0 Å². The third kappa shape index (κ3) is 5.35. The molecule has 3 heteroatoms. The standard InChI is InChI=1S/C48H35NO2/c1-4-40-41-27-37(18-19-45(41)50-44(40)5-2)35-14-8-16-39(26-35)48(3)22-9-15-38(29-48)34-13-7-11-32(25-34)31-10-6-12-33(24-31)36-17-20-46-42(28-36)43-30-49-23-21-47(43)51-46/h4-28,30H,1-2,29H2,3H3. The summed E-state index contributed by atoms with van der Waals surface area (Å²) in [5.41, 5.74) is 14.3. The smallest absolute Gasteiger partial charge is 0.138 e. The molecular formula is C48H35NO2. The van der Waals surface area contributed by atoms with Gasteiger partial charge in [0, 0.05) is 39.5 Å². The number of nitrogens with zero attached hydrogens (tertiary/aromatic N) is 1. The van der Waals surface area contributed by atoms with Crippen molar-refractivity contribution < 1.29 is 8.83 Å². The van der Waals surface area contributed by atoms with Crippen LogP contribution in [0.25, 0.3) is 84.0 Å². The van der Waals surface area contributed by atoms with Crippen LogP contribution in [-0.4, -0.2) is 4.98 Å². The van der Waals surface area contributed by atoms with Gasteiger partial charge in [0.2, 0.25) is 0 Å². The molecule has 3 aromatic heterocycles. The number of hydrogen-bond donors (Lipinski definition) is 0. The van der Waals surface area contributed by atoms with Crippen LogP contribution in [0.2, 0.25) is 0 Å². The van der Waals surface area contributed by atoms with Gasteiger partial charge in [0.05, 0.1) is 0 Å². The predicted molar refractivity (Wildman–Crippen MR) is 213 cm³/mol. The quantitative estimate of drug-likeness (QED) is 0.171. The maximum atomic E-state index is 6.04. The van der Waals surface area contributed by atoms with Gasteiger partial charge in [-0.25, -0.2) is 0 Å². The maximum Gasteiger partial charge on any atom is 0.138 e. The molecular weight excluding hydrogens is 623 g/mol. The van der Waals surface area contributed by atoms with E-state index < -0.39 is 0 Å². The third-order valence-electron chi connectivity index (χ3n) is 10.4. The number of pyridine rings is 1. The molecule has 1 aliphatic rings. The van der Waals surface area contributed by atoms with Gasteiger partial charge in [0.25, 0.3) is 0 Å². The Morgan fingerprint density at radius 2 is 1.22 bits per heavy atom. The molecule has 3 heterocycles. The summed E-state index contributed by atoms with van der Waals surface area (Å²) in [4.78, 5) is 4.32. The zero-order valence-corrected chi connectivity index (χ0v) is 28.4. The van der Waals surface area contributed by atoms with Crippen LogP contribution < -0.4 is 0 Å². The van der Waals surface area contributed by atoms with Crippen molar-refractivity contribution in [1.82, 2.24) is 4.98 Å². The van der Waals surface area contributed by atoms with Crippen molar-refractivity contribution in [1.29, 1.82) is 0 Å². The van der Waals surface area contributed by atoms with Gasteiger partial charge < -0.3 is 8.83 Å². The van der Waals surface area contributed by atoms with E-state index in [0.717, 1.165) is 61.8 Å². The lowest BCUT2D eigenvalue weighted by Gasteiger charge is -2.31. The van der Waals surface area contributed by atoms with Crippen molar-refractivity contribution in [2.24, 2.45) is 0 Å². The average Bonchev–Trinajstić information content (AvgIpc) is 3.75. The van der Waals surface area contributed by atoms with Gasteiger partial charge in [0.15, 0.2) is 0 Å². The SMILES string of the molecule is C=Cc1oc2ccc(-c3cccc(C4(C)C=CC=C(c5cccc(-c6cccc(-c7ccc8oc9ccncc9c8c7)c6)c5)C4)c3)cc2c1C=C. The molecule has 5 aromatic carbocycles. The molecule has 0 saturated carbocycles. The van der Waals surface area contributed by atoms with Crippen LogP contribution in [-0.2, 0) is 5.41 Å². The topological polar surface area (TPSA) is 39.2 Å². The second-order valence-corrected chi connectivity index (χ2v) is 13.6. The van der Waals surface area contributed by atoms with Gasteiger partial charge in [-0.2, -0.15) is 0 Å². The molecule has 1 unspecified atom stereocenters. The second kappa shape index (κ2) is 12.2. The summed E-state index contributed by atoms with van der Waals surface area (Å²) >= 11 is 0. The molecule has 0 saturated heterocycles. The van der Waals surface area contributed by atoms with Crippen molar-refractivity contribution in [3.8, 4) is 33.4 Å². The van der Waals surface area contributed by atoms with Crippen LogP contribution >= 0.6 is 0 Å². The summed E-state index contributed by atoms with van der Waals surface area (Å²) in [6.07, 6.45) is 15.0. The number of aromatic nitrogens is 1. The molecule has 1 aliphatic carbocycles. The zero-order valence-electron chi connectivity index (χ0n) is 28.4. The first-order valence-electron chi connectivity index (χ1n) is 17.3. The fourth-order valence-electron chi connectivity index (χ4n) is 7.60. The minimum atomic E-state index is -0.163. The third-order valence-corrected chi connectivity index (χ3v) is 10.4. The summed E-state index contributed by atoms with van der Waals surface area (Å²) in [5.74, 6) is 0.751. The van der Waals surface area contributed by atoms with Crippen molar-refractivity contribution in [3.63, 3.8) is 0 Å². The van der Waals surface area contributed by atoms with Crippen molar-refractivity contribution in [2.75, 3.05) is 0 Å². The maximum absolute atomic E-state index is 6.04. The van der Waals surface area contributed by atoms with Crippen LogP contribution in [0.1, 0.15) is 35.8 Å². The first-order chi connectivity index (χ1) is 25.0. The number of allylic oxidation sites excluding steroid dienone is 4. The fraction of sp³-hybridized carbons (Fsp3) is 0.0625. The van der Waals surface area contributed by atoms with Crippen LogP contribution in [0.15, 0.2) is 168 Å². The van der Waals surface area contributed by atoms with E-state index in [1.165, 1.54) is 39.0 Å². The van der Waals surface area contributed by atoms with Gasteiger partial charge in [-0.05, 0) is 105 Å². The molecule has 0 radical (unpaired) electrons. The van der Waals surface area contributed by atoms with Gasteiger partial charge in [0.1, 0.15) is 22.5 Å². The zero-order chi connectivity index (χ0) is 34.5. The van der Waals surface area contributed by atoms with Gasteiger partial charge in [-0.1, -0.05) is 117 Å². The van der Waals surface area contributed by atoms with E-state index in [-0.39, 0.29) is 5.41 Å². The number of hydrogen-bond acceptors (Lipinski definition) is 3. The van der Waals surface area contributed by atoms with Gasteiger partial charge in [-0.15, -0.1) is 0 Å². The summed E-state index contributed by atoms with van der Waals surface area (Å²) in [6.45, 7) is 10.3. The molecule has 0 fully saturated rings. The number of benzene rings is 5. The monoisotopic (exact) mass is 657 g/mol. The average molecular weight is 658 g/mol. The van der Waals surface area contributed by atoms with Crippen LogP contribution in [0.4, 0.5) is 0 Å². The molecule has 0 spiro atoms. The molecule has 0 N–H and O–H groups in total. The highest BCUT2D eigenvalue weighted by Crippen LogP contribution is 2.42. The van der Waals surface area contributed by atoms with Gasteiger partial charge in [-0.3, -0.25) is 4.98 Å². The Labute approximate surface area is 297 Å². The lowest BCUT2D eigenvalue weighted by Crippen LogP contribution is -2.21. The highest BCUT2D eigenvalue weighted by Gasteiger charge is 2.28. The normalized spacial score (nSPS) is 15.7. The summed E-state index contributed by atoms with van der Waals surface area (Å²) in [6, 6.07) is 41.4. The molecule has 8 aromatic rings. The van der Waals surface area contributed by atoms with Crippen LogP contribution in [0.3, 0.4) is 0 Å². The van der Waals surface area contributed by atoms with E-state index in [4.69, 9.17) is 8.83 Å². The van der Waals surface area contributed by atoms with E-state index in [1.807, 2.05) is 24.4 Å². The molecule has 51 heavy (non-hydrogen) atoms. The lowest BCUT2D eigenvalue weighted by atomic mass is 9.73. The molecule has 0 aliphatic heterocycles. The fourth-order valence-corrected chi connectivity index (χ4v) is 7.60. The Morgan fingerprint density at radius 3 is 1.94 bits per heavy atom. The summed E-state index contributed by atoms with van der Waals surface area (Å²) in [7, 11) is 0. The van der Waals surface area contributed by atoms with Crippen molar-refractivity contribution >= 4 is 50.6 Å². The summed E-state index contributed by atoms with van der Waals surface area (Å²) in [5, 5.41) is 3.16. The lowest BCUT2D eigenvalue weighted by molar-refractivity contribution is 0.603. The molecule has 244 valence electrons. The van der Waals surface area contributed by atoms with Crippen molar-refractivity contribution in [3.05, 3.63) is 181 Å². The Balaban J connectivity index is 1.00. The first kappa shape index (κ1) is 30.6. The van der Waals surface area contributed by atoms with Gasteiger partial charge >= 0.3 is 0 Å². The minimum absolute atomic E-state index is 0.163. The molecule has 1 atom stereocenters. The highest BCUT2D eigenvalue weighted by atomic mass is 16.3. The first-order valence-corrected chi connectivity index (χ1v) is 17.3. The van der Waals surface area contributed by atoms with Crippen LogP contribution in [0.5, 0.6) is 0 Å². The van der Waals surface area contributed by atoms with E-state index in [1.54, 1.807) is 12.3 Å². The summed E-state index contributed by atoms with van der Waals surface area (Å²) < 4.78 is 12.0. The molecule has 0 amide bonds. The Kier molecular flexibility index (Phi) is 7.29. The Morgan fingerprint density at radius 1 is 0.608 bits per heavy atom. The second-order valence-electron chi connectivity index (χ2n) is 13.6. The number of fused-ring (bicyclic) bond motifs is 4. The van der Waals surface area contributed by atoms with E-state index in [2.05, 4.69) is 146 Å². The number of rotatable bonds is 7. The van der Waals surface area contributed by atoms with Crippen molar-refractivity contribution in [2.45, 2.75) is 18.8 Å². The van der Waals surface area contributed by atoms with E-state index in [9.17, 15) is 0 Å². The number of furan rings is 2. The Bertz CT molecular complexity index is 2730. The van der Waals surface area contributed by atoms with E-state index in [0.29, 0.717) is 0 Å². The predicted octanol–water partition coefficient (Wildman–Crippen LogP) is 13.3. The molecule has 3 nitrogen and oxygen atoms in total. The molecule has 0 bridgehead atoms. The Hall–Kier alpha value is -6.45. The molecule has 9 rings (SSSR count). The minimum Gasteiger partial charge on any atom is -0.456 e.